The lowest BCUT2D eigenvalue weighted by Crippen LogP contribution is -2.18. The Kier molecular flexibility index (Phi) is 4.16. The average molecular weight is 261 g/mol. The number of ether oxygens (including phenoxy) is 1. The number of aromatic nitrogens is 2. The Balaban J connectivity index is 1.96. The number of nitrogens with zero attached hydrogens (tertiary/aromatic N) is 2. The highest BCUT2D eigenvalue weighted by molar-refractivity contribution is 5.76. The van der Waals surface area contributed by atoms with Gasteiger partial charge in [-0.1, -0.05) is 6.07 Å². The zero-order chi connectivity index (χ0) is 13.8. The van der Waals surface area contributed by atoms with Gasteiger partial charge in [-0.15, -0.1) is 0 Å². The number of esters is 1. The number of benzene rings is 1. The normalized spacial score (nSPS) is 10.9. The van der Waals surface area contributed by atoms with Crippen LogP contribution < -0.4 is 5.32 Å². The number of hydrogen-bond donors (Lipinski definition) is 1. The molecule has 0 fully saturated rings. The zero-order valence-electron chi connectivity index (χ0n) is 11.6. The van der Waals surface area contributed by atoms with Crippen LogP contribution >= 0.6 is 0 Å². The van der Waals surface area contributed by atoms with Crippen molar-refractivity contribution in [1.29, 1.82) is 0 Å². The van der Waals surface area contributed by atoms with E-state index in [1.807, 2.05) is 14.0 Å². The minimum absolute atomic E-state index is 0.191. The second-order valence-corrected chi connectivity index (χ2v) is 4.54. The number of carbonyl (C=O) groups excluding carboxylic acids is 1. The van der Waals surface area contributed by atoms with E-state index in [4.69, 9.17) is 0 Å². The molecule has 0 radical (unpaired) electrons. The van der Waals surface area contributed by atoms with Crippen LogP contribution in [0.5, 0.6) is 0 Å². The molecular weight excluding hydrogens is 242 g/mol. The Morgan fingerprint density at radius 1 is 1.47 bits per heavy atom. The third kappa shape index (κ3) is 3.12. The minimum atomic E-state index is -0.191. The molecule has 1 N–H and O–H groups in total. The molecule has 5 heteroatoms. The van der Waals surface area contributed by atoms with Gasteiger partial charge in [-0.2, -0.15) is 0 Å². The molecule has 0 atom stereocenters. The summed E-state index contributed by atoms with van der Waals surface area (Å²) in [6.45, 7) is 3.34. The highest BCUT2D eigenvalue weighted by Gasteiger charge is 2.05. The quantitative estimate of drug-likeness (QED) is 0.655. The van der Waals surface area contributed by atoms with Gasteiger partial charge in [-0.05, 0) is 24.6 Å². The summed E-state index contributed by atoms with van der Waals surface area (Å²) in [6.07, 6.45) is 0.390. The van der Waals surface area contributed by atoms with Crippen LogP contribution in [-0.2, 0) is 23.1 Å². The highest BCUT2D eigenvalue weighted by Crippen LogP contribution is 2.16. The van der Waals surface area contributed by atoms with Crippen LogP contribution in [0.15, 0.2) is 18.2 Å². The van der Waals surface area contributed by atoms with Crippen LogP contribution in [0.1, 0.15) is 17.8 Å². The van der Waals surface area contributed by atoms with Crippen molar-refractivity contribution in [3.63, 3.8) is 0 Å². The second kappa shape index (κ2) is 5.84. The van der Waals surface area contributed by atoms with Crippen molar-refractivity contribution in [2.45, 2.75) is 19.9 Å². The first kappa shape index (κ1) is 13.5. The molecule has 2 rings (SSSR count). The molecule has 0 bridgehead atoms. The fourth-order valence-electron chi connectivity index (χ4n) is 2.00. The van der Waals surface area contributed by atoms with Gasteiger partial charge in [-0.25, -0.2) is 4.98 Å². The standard InChI is InChI=1S/C14H19N3O2/c1-10-16-12-8-11(4-5-13(12)17(10)2)9-15-7-6-14(18)19-3/h4-5,8,15H,6-7,9H2,1-3H3. The van der Waals surface area contributed by atoms with E-state index in [0.29, 0.717) is 13.0 Å². The van der Waals surface area contributed by atoms with E-state index in [0.717, 1.165) is 29.0 Å². The summed E-state index contributed by atoms with van der Waals surface area (Å²) in [5.74, 6) is 0.814. The van der Waals surface area contributed by atoms with E-state index >= 15 is 0 Å². The van der Waals surface area contributed by atoms with Crippen molar-refractivity contribution >= 4 is 17.0 Å². The van der Waals surface area contributed by atoms with Gasteiger partial charge in [0.05, 0.1) is 24.6 Å². The number of imidazole rings is 1. The minimum Gasteiger partial charge on any atom is -0.469 e. The molecule has 102 valence electrons. The van der Waals surface area contributed by atoms with E-state index in [1.165, 1.54) is 7.11 Å². The first-order valence-corrected chi connectivity index (χ1v) is 6.31. The first-order valence-electron chi connectivity index (χ1n) is 6.31. The fraction of sp³-hybridized carbons (Fsp3) is 0.429. The van der Waals surface area contributed by atoms with Crippen molar-refractivity contribution in [2.24, 2.45) is 7.05 Å². The smallest absolute Gasteiger partial charge is 0.306 e. The summed E-state index contributed by atoms with van der Waals surface area (Å²) >= 11 is 0. The molecule has 0 aliphatic heterocycles. The lowest BCUT2D eigenvalue weighted by Gasteiger charge is -2.04. The summed E-state index contributed by atoms with van der Waals surface area (Å²) in [5, 5.41) is 3.22. The molecule has 0 amide bonds. The third-order valence-electron chi connectivity index (χ3n) is 3.23. The van der Waals surface area contributed by atoms with Crippen molar-refractivity contribution in [3.05, 3.63) is 29.6 Å². The van der Waals surface area contributed by atoms with Gasteiger partial charge in [0.25, 0.3) is 0 Å². The van der Waals surface area contributed by atoms with Crippen molar-refractivity contribution in [3.8, 4) is 0 Å². The number of aryl methyl sites for hydroxylation is 2. The van der Waals surface area contributed by atoms with E-state index in [2.05, 4.69) is 37.8 Å². The summed E-state index contributed by atoms with van der Waals surface area (Å²) in [4.78, 5) is 15.5. The van der Waals surface area contributed by atoms with Crippen LogP contribution in [0.2, 0.25) is 0 Å². The molecule has 5 nitrogen and oxygen atoms in total. The predicted molar refractivity (Wildman–Crippen MR) is 73.8 cm³/mol. The van der Waals surface area contributed by atoms with Gasteiger partial charge in [0.15, 0.2) is 0 Å². The van der Waals surface area contributed by atoms with E-state index < -0.39 is 0 Å². The second-order valence-electron chi connectivity index (χ2n) is 4.54. The highest BCUT2D eigenvalue weighted by atomic mass is 16.5. The van der Waals surface area contributed by atoms with E-state index in [-0.39, 0.29) is 5.97 Å². The monoisotopic (exact) mass is 261 g/mol. The van der Waals surface area contributed by atoms with Crippen LogP contribution in [0, 0.1) is 6.92 Å². The molecule has 0 spiro atoms. The average Bonchev–Trinajstić information content (AvgIpc) is 2.69. The van der Waals surface area contributed by atoms with Gasteiger partial charge >= 0.3 is 5.97 Å². The third-order valence-corrected chi connectivity index (χ3v) is 3.23. The molecule has 0 saturated heterocycles. The van der Waals surface area contributed by atoms with Crippen LogP contribution in [-0.4, -0.2) is 29.2 Å². The lowest BCUT2D eigenvalue weighted by molar-refractivity contribution is -0.140. The number of methoxy groups -OCH3 is 1. The number of rotatable bonds is 5. The number of hydrogen-bond acceptors (Lipinski definition) is 4. The van der Waals surface area contributed by atoms with Crippen LogP contribution in [0.25, 0.3) is 11.0 Å². The Morgan fingerprint density at radius 3 is 3.00 bits per heavy atom. The SMILES string of the molecule is COC(=O)CCNCc1ccc2c(c1)nc(C)n2C. The predicted octanol–water partition coefficient (Wildman–Crippen LogP) is 1.53. The Labute approximate surface area is 112 Å². The van der Waals surface area contributed by atoms with E-state index in [9.17, 15) is 4.79 Å². The largest absolute Gasteiger partial charge is 0.469 e. The summed E-state index contributed by atoms with van der Waals surface area (Å²) < 4.78 is 6.66. The van der Waals surface area contributed by atoms with Crippen LogP contribution in [0.3, 0.4) is 0 Å². The number of fused-ring (bicyclic) bond motifs is 1. The van der Waals surface area contributed by atoms with Gasteiger partial charge in [0.1, 0.15) is 5.82 Å². The number of carbonyl (C=O) groups is 1. The fourth-order valence-corrected chi connectivity index (χ4v) is 2.00. The molecule has 0 saturated carbocycles. The Bertz CT molecular complexity index is 590. The summed E-state index contributed by atoms with van der Waals surface area (Å²) in [5.41, 5.74) is 3.30. The molecule has 0 aliphatic carbocycles. The summed E-state index contributed by atoms with van der Waals surface area (Å²) in [6, 6.07) is 6.23. The Hall–Kier alpha value is -1.88. The molecule has 0 aliphatic rings. The van der Waals surface area contributed by atoms with Crippen molar-refractivity contribution in [1.82, 2.24) is 14.9 Å². The van der Waals surface area contributed by atoms with Crippen LogP contribution in [0.4, 0.5) is 0 Å². The molecule has 1 heterocycles. The first-order chi connectivity index (χ1) is 9.11. The molecular formula is C14H19N3O2. The number of nitrogens with one attached hydrogen (secondary N) is 1. The molecule has 19 heavy (non-hydrogen) atoms. The van der Waals surface area contributed by atoms with Gasteiger partial charge in [0, 0.05) is 20.1 Å². The van der Waals surface area contributed by atoms with Crippen molar-refractivity contribution in [2.75, 3.05) is 13.7 Å². The van der Waals surface area contributed by atoms with Gasteiger partial charge in [-0.3, -0.25) is 4.79 Å². The van der Waals surface area contributed by atoms with E-state index in [1.54, 1.807) is 0 Å². The van der Waals surface area contributed by atoms with Gasteiger partial charge in [0.2, 0.25) is 0 Å². The summed E-state index contributed by atoms with van der Waals surface area (Å²) in [7, 11) is 3.42. The maximum Gasteiger partial charge on any atom is 0.306 e. The molecule has 0 unspecified atom stereocenters. The lowest BCUT2D eigenvalue weighted by atomic mass is 10.2. The maximum absolute atomic E-state index is 11.0. The van der Waals surface area contributed by atoms with Crippen molar-refractivity contribution < 1.29 is 9.53 Å². The molecule has 1 aromatic heterocycles. The topological polar surface area (TPSA) is 56.1 Å². The Morgan fingerprint density at radius 2 is 2.26 bits per heavy atom. The molecule has 1 aromatic carbocycles. The molecule has 2 aromatic rings. The van der Waals surface area contributed by atoms with Gasteiger partial charge < -0.3 is 14.6 Å². The zero-order valence-corrected chi connectivity index (χ0v) is 11.6. The maximum atomic E-state index is 11.0.